The smallest absolute Gasteiger partial charge is 0.128 e. The summed E-state index contributed by atoms with van der Waals surface area (Å²) in [5.41, 5.74) is 7.54. The summed E-state index contributed by atoms with van der Waals surface area (Å²) in [4.78, 5) is 9.35. The third-order valence-corrected chi connectivity index (χ3v) is 7.66. The SMILES string of the molecule is CC(C)(C)c1cc(C=NCc2ccc(CN=Cc3cc(C(C)(C)C)cc(C(C)(C)C)c3O)cc2)c(O)c(C(C)(C)C)c1. The topological polar surface area (TPSA) is 65.2 Å². The monoisotopic (exact) mass is 568 g/mol. The molecular weight excluding hydrogens is 516 g/mol. The van der Waals surface area contributed by atoms with Crippen LogP contribution < -0.4 is 0 Å². The molecule has 0 aromatic heterocycles. The Labute approximate surface area is 254 Å². The van der Waals surface area contributed by atoms with E-state index in [1.165, 1.54) is 11.1 Å². The first-order valence-corrected chi connectivity index (χ1v) is 15.0. The first kappa shape index (κ1) is 33.1. The average Bonchev–Trinajstić information content (AvgIpc) is 2.84. The highest BCUT2D eigenvalue weighted by Gasteiger charge is 2.25. The van der Waals surface area contributed by atoms with Crippen LogP contribution in [-0.4, -0.2) is 22.6 Å². The molecule has 0 saturated heterocycles. The van der Waals surface area contributed by atoms with Gasteiger partial charge in [0.1, 0.15) is 11.5 Å². The van der Waals surface area contributed by atoms with Gasteiger partial charge < -0.3 is 10.2 Å². The van der Waals surface area contributed by atoms with Crippen LogP contribution in [0.4, 0.5) is 0 Å². The molecule has 0 saturated carbocycles. The molecular formula is C38H52N2O2. The lowest BCUT2D eigenvalue weighted by Gasteiger charge is -2.27. The van der Waals surface area contributed by atoms with Crippen LogP contribution in [0, 0.1) is 0 Å². The van der Waals surface area contributed by atoms with Crippen LogP contribution in [0.3, 0.4) is 0 Å². The summed E-state index contributed by atoms with van der Waals surface area (Å²) >= 11 is 0. The summed E-state index contributed by atoms with van der Waals surface area (Å²) in [7, 11) is 0. The molecule has 3 aromatic rings. The zero-order valence-corrected chi connectivity index (χ0v) is 28.0. The lowest BCUT2D eigenvalue weighted by Crippen LogP contribution is -2.17. The number of hydrogen-bond donors (Lipinski definition) is 2. The quantitative estimate of drug-likeness (QED) is 0.291. The molecule has 0 aliphatic carbocycles. The van der Waals surface area contributed by atoms with Crippen LogP contribution in [0.15, 0.2) is 58.5 Å². The number of aliphatic imine (C=N–C) groups is 2. The lowest BCUT2D eigenvalue weighted by molar-refractivity contribution is 0.443. The summed E-state index contributed by atoms with van der Waals surface area (Å²) in [5.74, 6) is 0.613. The Bertz CT molecular complexity index is 1340. The maximum Gasteiger partial charge on any atom is 0.128 e. The van der Waals surface area contributed by atoms with E-state index in [2.05, 4.69) is 142 Å². The van der Waals surface area contributed by atoms with Crippen molar-refractivity contribution in [3.05, 3.63) is 93.0 Å². The fraction of sp³-hybridized carbons (Fsp3) is 0.474. The highest BCUT2D eigenvalue weighted by molar-refractivity contribution is 5.85. The molecule has 4 nitrogen and oxygen atoms in total. The summed E-state index contributed by atoms with van der Waals surface area (Å²) < 4.78 is 0. The Hall–Kier alpha value is -3.40. The summed E-state index contributed by atoms with van der Waals surface area (Å²) in [6.45, 7) is 26.9. The van der Waals surface area contributed by atoms with Crippen molar-refractivity contribution in [2.45, 2.75) is 118 Å². The number of rotatable bonds is 6. The van der Waals surface area contributed by atoms with Gasteiger partial charge in [0.25, 0.3) is 0 Å². The summed E-state index contributed by atoms with van der Waals surface area (Å²) in [5, 5.41) is 22.0. The molecule has 3 rings (SSSR count). The summed E-state index contributed by atoms with van der Waals surface area (Å²) in [6.07, 6.45) is 3.59. The minimum atomic E-state index is -0.171. The predicted octanol–water partition coefficient (Wildman–Crippen LogP) is 9.53. The van der Waals surface area contributed by atoms with Crippen molar-refractivity contribution in [1.82, 2.24) is 0 Å². The zero-order chi connectivity index (χ0) is 31.7. The third-order valence-electron chi connectivity index (χ3n) is 7.66. The van der Waals surface area contributed by atoms with Gasteiger partial charge in [0.15, 0.2) is 0 Å². The second-order valence-electron chi connectivity index (χ2n) is 15.7. The zero-order valence-electron chi connectivity index (χ0n) is 28.0. The van der Waals surface area contributed by atoms with E-state index in [9.17, 15) is 10.2 Å². The van der Waals surface area contributed by atoms with Gasteiger partial charge in [0.2, 0.25) is 0 Å². The fourth-order valence-corrected chi connectivity index (χ4v) is 4.77. The van der Waals surface area contributed by atoms with Gasteiger partial charge in [0, 0.05) is 34.7 Å². The third kappa shape index (κ3) is 8.33. The maximum absolute atomic E-state index is 11.0. The Balaban J connectivity index is 1.76. The van der Waals surface area contributed by atoms with Crippen LogP contribution >= 0.6 is 0 Å². The summed E-state index contributed by atoms with van der Waals surface area (Å²) in [6, 6.07) is 16.6. The molecule has 2 N–H and O–H groups in total. The molecule has 0 fully saturated rings. The average molecular weight is 569 g/mol. The largest absolute Gasteiger partial charge is 0.507 e. The van der Waals surface area contributed by atoms with E-state index < -0.39 is 0 Å². The highest BCUT2D eigenvalue weighted by Crippen LogP contribution is 2.38. The van der Waals surface area contributed by atoms with Crippen LogP contribution in [0.5, 0.6) is 11.5 Å². The van der Waals surface area contributed by atoms with Crippen LogP contribution in [0.1, 0.15) is 128 Å². The van der Waals surface area contributed by atoms with Crippen molar-refractivity contribution >= 4 is 12.4 Å². The van der Waals surface area contributed by atoms with Gasteiger partial charge in [-0.1, -0.05) is 119 Å². The molecule has 0 spiro atoms. The normalized spacial score (nSPS) is 13.4. The number of aromatic hydroxyl groups is 2. The van der Waals surface area contributed by atoms with Gasteiger partial charge in [-0.05, 0) is 56.0 Å². The predicted molar refractivity (Wildman–Crippen MR) is 180 cm³/mol. The number of nitrogens with zero attached hydrogens (tertiary/aromatic N) is 2. The van der Waals surface area contributed by atoms with Gasteiger partial charge in [-0.2, -0.15) is 0 Å². The van der Waals surface area contributed by atoms with Crippen molar-refractivity contribution in [3.63, 3.8) is 0 Å². The van der Waals surface area contributed by atoms with E-state index in [1.54, 1.807) is 12.4 Å². The minimum Gasteiger partial charge on any atom is -0.507 e. The number of benzene rings is 3. The Morgan fingerprint density at radius 1 is 0.500 bits per heavy atom. The molecule has 0 aliphatic heterocycles. The van der Waals surface area contributed by atoms with Crippen molar-refractivity contribution in [2.75, 3.05) is 0 Å². The first-order valence-electron chi connectivity index (χ1n) is 15.0. The van der Waals surface area contributed by atoms with E-state index in [1.807, 2.05) is 0 Å². The van der Waals surface area contributed by atoms with Crippen LogP contribution in [-0.2, 0) is 34.7 Å². The second-order valence-corrected chi connectivity index (χ2v) is 15.7. The van der Waals surface area contributed by atoms with E-state index in [4.69, 9.17) is 0 Å². The van der Waals surface area contributed by atoms with Gasteiger partial charge in [-0.25, -0.2) is 0 Å². The fourth-order valence-electron chi connectivity index (χ4n) is 4.77. The molecule has 3 aromatic carbocycles. The Morgan fingerprint density at radius 2 is 0.810 bits per heavy atom. The maximum atomic E-state index is 11.0. The molecule has 0 atom stereocenters. The van der Waals surface area contributed by atoms with Crippen molar-refractivity contribution < 1.29 is 10.2 Å². The molecule has 0 heterocycles. The number of phenolic OH excluding ortho intramolecular Hbond substituents is 2. The van der Waals surface area contributed by atoms with Gasteiger partial charge in [-0.3, -0.25) is 9.98 Å². The standard InChI is InChI=1S/C38H52N2O2/c1-35(2,3)29-17-27(33(41)31(19-29)37(7,8)9)23-39-21-25-13-15-26(16-14-25)22-40-24-28-18-30(36(4,5)6)20-32(34(28)42)38(10,11)12/h13-20,23-24,41-42H,21-22H2,1-12H3. The Kier molecular flexibility index (Phi) is 9.51. The van der Waals surface area contributed by atoms with Crippen molar-refractivity contribution in [1.29, 1.82) is 0 Å². The molecule has 0 aliphatic rings. The van der Waals surface area contributed by atoms with Crippen molar-refractivity contribution in [2.24, 2.45) is 9.98 Å². The van der Waals surface area contributed by atoms with Crippen LogP contribution in [0.25, 0.3) is 0 Å². The molecule has 0 amide bonds. The molecule has 4 heteroatoms. The van der Waals surface area contributed by atoms with Gasteiger partial charge >= 0.3 is 0 Å². The number of hydrogen-bond acceptors (Lipinski definition) is 4. The Morgan fingerprint density at radius 3 is 1.07 bits per heavy atom. The first-order chi connectivity index (χ1) is 19.2. The highest BCUT2D eigenvalue weighted by atomic mass is 16.3. The molecule has 0 radical (unpaired) electrons. The molecule has 226 valence electrons. The van der Waals surface area contributed by atoms with Gasteiger partial charge in [-0.15, -0.1) is 0 Å². The second kappa shape index (κ2) is 12.1. The van der Waals surface area contributed by atoms with Gasteiger partial charge in [0.05, 0.1) is 13.1 Å². The van der Waals surface area contributed by atoms with Crippen molar-refractivity contribution in [3.8, 4) is 11.5 Å². The van der Waals surface area contributed by atoms with E-state index in [0.29, 0.717) is 24.6 Å². The molecule has 0 bridgehead atoms. The van der Waals surface area contributed by atoms with E-state index in [-0.39, 0.29) is 21.7 Å². The molecule has 0 unspecified atom stereocenters. The lowest BCUT2D eigenvalue weighted by atomic mass is 9.79. The van der Waals surface area contributed by atoms with E-state index in [0.717, 1.165) is 33.4 Å². The minimum absolute atomic E-state index is 0.0301. The van der Waals surface area contributed by atoms with E-state index >= 15 is 0 Å². The number of phenols is 2. The molecule has 42 heavy (non-hydrogen) atoms. The van der Waals surface area contributed by atoms with Crippen LogP contribution in [0.2, 0.25) is 0 Å².